The number of nitrogens with one attached hydrogen (secondary N) is 2. The van der Waals surface area contributed by atoms with Crippen molar-refractivity contribution in [2.75, 3.05) is 0 Å². The Hall–Kier alpha value is -3.38. The molecule has 0 aliphatic heterocycles. The number of hydrogen-bond donors (Lipinski definition) is 2. The first-order chi connectivity index (χ1) is 14.1. The van der Waals surface area contributed by atoms with E-state index >= 15 is 0 Å². The Balaban J connectivity index is 1.74. The number of carbonyl (C=O) groups is 2. The third-order valence-electron chi connectivity index (χ3n) is 3.95. The summed E-state index contributed by atoms with van der Waals surface area (Å²) in [6, 6.07) is 20.1. The molecule has 3 rings (SSSR count). The first kappa shape index (κ1) is 20.4. The van der Waals surface area contributed by atoms with Crippen molar-refractivity contribution in [1.82, 2.24) is 10.6 Å². The first-order valence-electron chi connectivity index (χ1n) is 8.93. The zero-order valence-corrected chi connectivity index (χ0v) is 17.1. The molecular formula is C23H19BrN2O3. The molecule has 29 heavy (non-hydrogen) atoms. The highest BCUT2D eigenvalue weighted by Crippen LogP contribution is 2.11. The van der Waals surface area contributed by atoms with Gasteiger partial charge in [0.1, 0.15) is 11.5 Å². The second kappa shape index (κ2) is 10.2. The van der Waals surface area contributed by atoms with Crippen molar-refractivity contribution in [2.24, 2.45) is 0 Å². The minimum Gasteiger partial charge on any atom is -0.467 e. The summed E-state index contributed by atoms with van der Waals surface area (Å²) in [5.41, 5.74) is 1.57. The number of amides is 2. The van der Waals surface area contributed by atoms with Crippen LogP contribution in [0.4, 0.5) is 0 Å². The van der Waals surface area contributed by atoms with Crippen LogP contribution in [0.1, 0.15) is 21.7 Å². The maximum Gasteiger partial charge on any atom is 0.268 e. The summed E-state index contributed by atoms with van der Waals surface area (Å²) in [6.45, 7) is 0.222. The van der Waals surface area contributed by atoms with Crippen molar-refractivity contribution in [3.05, 3.63) is 112 Å². The molecule has 3 aromatic rings. The van der Waals surface area contributed by atoms with E-state index in [2.05, 4.69) is 26.6 Å². The maximum atomic E-state index is 12.6. The average molecular weight is 451 g/mol. The zero-order chi connectivity index (χ0) is 20.5. The Labute approximate surface area is 177 Å². The molecule has 0 aliphatic carbocycles. The third-order valence-corrected chi connectivity index (χ3v) is 4.48. The van der Waals surface area contributed by atoms with Crippen LogP contribution in [-0.4, -0.2) is 11.8 Å². The molecule has 0 fully saturated rings. The molecule has 1 aromatic heterocycles. The minimum absolute atomic E-state index is 0.136. The van der Waals surface area contributed by atoms with Crippen molar-refractivity contribution >= 4 is 33.8 Å². The topological polar surface area (TPSA) is 71.3 Å². The number of carbonyl (C=O) groups excluding carboxylic acids is 2. The molecule has 0 aliphatic rings. The van der Waals surface area contributed by atoms with Gasteiger partial charge in [0.15, 0.2) is 0 Å². The van der Waals surface area contributed by atoms with Gasteiger partial charge in [-0.25, -0.2) is 0 Å². The van der Waals surface area contributed by atoms with Gasteiger partial charge in [-0.15, -0.1) is 0 Å². The molecule has 5 nitrogen and oxygen atoms in total. The molecule has 0 saturated heterocycles. The van der Waals surface area contributed by atoms with E-state index in [0.29, 0.717) is 11.3 Å². The normalized spacial score (nSPS) is 11.4. The van der Waals surface area contributed by atoms with Crippen molar-refractivity contribution in [2.45, 2.75) is 6.54 Å². The Morgan fingerprint density at radius 1 is 0.966 bits per heavy atom. The number of furan rings is 1. The van der Waals surface area contributed by atoms with E-state index in [1.807, 2.05) is 36.4 Å². The third kappa shape index (κ3) is 6.33. The summed E-state index contributed by atoms with van der Waals surface area (Å²) < 4.78 is 6.09. The van der Waals surface area contributed by atoms with E-state index in [1.54, 1.807) is 48.6 Å². The predicted octanol–water partition coefficient (Wildman–Crippen LogP) is 4.69. The van der Waals surface area contributed by atoms with E-state index in [1.165, 1.54) is 6.26 Å². The van der Waals surface area contributed by atoms with E-state index in [9.17, 15) is 9.59 Å². The Morgan fingerprint density at radius 3 is 2.41 bits per heavy atom. The fourth-order valence-corrected chi connectivity index (χ4v) is 2.73. The predicted molar refractivity (Wildman–Crippen MR) is 116 cm³/mol. The second-order valence-electron chi connectivity index (χ2n) is 6.07. The molecule has 2 N–H and O–H groups in total. The summed E-state index contributed by atoms with van der Waals surface area (Å²) in [4.78, 5) is 25.2. The molecule has 0 saturated carbocycles. The highest BCUT2D eigenvalue weighted by atomic mass is 79.9. The fraction of sp³-hybridized carbons (Fsp3) is 0.0435. The summed E-state index contributed by atoms with van der Waals surface area (Å²) in [5, 5.41) is 5.42. The van der Waals surface area contributed by atoms with Crippen LogP contribution in [0.2, 0.25) is 0 Å². The van der Waals surface area contributed by atoms with Crippen molar-refractivity contribution in [3.63, 3.8) is 0 Å². The highest BCUT2D eigenvalue weighted by Gasteiger charge is 2.14. The zero-order valence-electron chi connectivity index (χ0n) is 15.5. The van der Waals surface area contributed by atoms with Gasteiger partial charge in [0.25, 0.3) is 11.8 Å². The lowest BCUT2D eigenvalue weighted by Gasteiger charge is -2.10. The monoisotopic (exact) mass is 450 g/mol. The summed E-state index contributed by atoms with van der Waals surface area (Å²) in [6.07, 6.45) is 6.68. The van der Waals surface area contributed by atoms with Gasteiger partial charge in [-0.3, -0.25) is 9.59 Å². The van der Waals surface area contributed by atoms with Gasteiger partial charge in [0.05, 0.1) is 12.8 Å². The van der Waals surface area contributed by atoms with Crippen LogP contribution in [0.25, 0.3) is 6.08 Å². The molecule has 1 heterocycles. The summed E-state index contributed by atoms with van der Waals surface area (Å²) >= 11 is 3.34. The lowest BCUT2D eigenvalue weighted by atomic mass is 10.2. The average Bonchev–Trinajstić information content (AvgIpc) is 3.26. The van der Waals surface area contributed by atoms with Crippen LogP contribution < -0.4 is 10.6 Å². The van der Waals surface area contributed by atoms with Gasteiger partial charge in [-0.2, -0.15) is 0 Å². The van der Waals surface area contributed by atoms with Gasteiger partial charge >= 0.3 is 0 Å². The van der Waals surface area contributed by atoms with Crippen LogP contribution in [0.3, 0.4) is 0 Å². The van der Waals surface area contributed by atoms with Gasteiger partial charge in [-0.1, -0.05) is 58.4 Å². The summed E-state index contributed by atoms with van der Waals surface area (Å²) in [7, 11) is 0. The Bertz CT molecular complexity index is 1010. The number of benzene rings is 2. The molecule has 146 valence electrons. The molecule has 0 unspecified atom stereocenters. The van der Waals surface area contributed by atoms with Crippen LogP contribution in [-0.2, 0) is 11.3 Å². The lowest BCUT2D eigenvalue weighted by molar-refractivity contribution is -0.118. The fourth-order valence-electron chi connectivity index (χ4n) is 2.47. The number of allylic oxidation sites excluding steroid dienone is 2. The molecule has 6 heteroatoms. The highest BCUT2D eigenvalue weighted by molar-refractivity contribution is 9.10. The van der Waals surface area contributed by atoms with E-state index in [0.717, 1.165) is 10.0 Å². The van der Waals surface area contributed by atoms with Crippen molar-refractivity contribution < 1.29 is 14.0 Å². The molecule has 0 spiro atoms. The van der Waals surface area contributed by atoms with Crippen molar-refractivity contribution in [3.8, 4) is 0 Å². The number of halogens is 1. The molecule has 0 radical (unpaired) electrons. The second-order valence-corrected chi connectivity index (χ2v) is 6.99. The Kier molecular flexibility index (Phi) is 7.19. The van der Waals surface area contributed by atoms with Crippen LogP contribution in [0.5, 0.6) is 0 Å². The summed E-state index contributed by atoms with van der Waals surface area (Å²) in [5.74, 6) is -0.161. The van der Waals surface area contributed by atoms with Crippen LogP contribution >= 0.6 is 15.9 Å². The molecule has 0 atom stereocenters. The van der Waals surface area contributed by atoms with Gasteiger partial charge in [0, 0.05) is 10.0 Å². The quantitative estimate of drug-likeness (QED) is 0.405. The van der Waals surface area contributed by atoms with E-state index in [4.69, 9.17) is 4.42 Å². The standard InChI is InChI=1S/C23H19BrN2O3/c24-19-13-11-18(12-14-19)22(27)26-21(10-4-8-17-6-2-1-3-7-17)23(28)25-16-20-9-5-15-29-20/h1-15H,16H2,(H,25,28)(H,26,27)/b8-4+,21-10-. The lowest BCUT2D eigenvalue weighted by Crippen LogP contribution is -2.34. The molecular weight excluding hydrogens is 432 g/mol. The maximum absolute atomic E-state index is 12.6. The number of rotatable bonds is 7. The molecule has 0 bridgehead atoms. The minimum atomic E-state index is -0.412. The van der Waals surface area contributed by atoms with E-state index < -0.39 is 5.91 Å². The largest absolute Gasteiger partial charge is 0.467 e. The Morgan fingerprint density at radius 2 is 1.72 bits per heavy atom. The van der Waals surface area contributed by atoms with Gasteiger partial charge in [-0.05, 0) is 48.0 Å². The number of hydrogen-bond acceptors (Lipinski definition) is 3. The molecule has 2 aromatic carbocycles. The van der Waals surface area contributed by atoms with Crippen molar-refractivity contribution in [1.29, 1.82) is 0 Å². The smallest absolute Gasteiger partial charge is 0.268 e. The van der Waals surface area contributed by atoms with Gasteiger partial charge in [0.2, 0.25) is 0 Å². The SMILES string of the molecule is O=C(NCc1ccco1)/C(=C/C=C/c1ccccc1)NC(=O)c1ccc(Br)cc1. The van der Waals surface area contributed by atoms with E-state index in [-0.39, 0.29) is 18.1 Å². The van der Waals surface area contributed by atoms with Crippen LogP contribution in [0.15, 0.2) is 99.7 Å². The first-order valence-corrected chi connectivity index (χ1v) is 9.72. The van der Waals surface area contributed by atoms with Gasteiger partial charge < -0.3 is 15.1 Å². The van der Waals surface area contributed by atoms with Crippen LogP contribution in [0, 0.1) is 0 Å². The molecule has 2 amide bonds.